The summed E-state index contributed by atoms with van der Waals surface area (Å²) in [6.45, 7) is 1.85. The zero-order valence-corrected chi connectivity index (χ0v) is 13.5. The Bertz CT molecular complexity index is 766. The third-order valence-corrected chi connectivity index (χ3v) is 4.84. The van der Waals surface area contributed by atoms with Crippen molar-refractivity contribution in [1.29, 1.82) is 0 Å². The lowest BCUT2D eigenvalue weighted by Gasteiger charge is -2.16. The number of nitrogens with one attached hydrogen (secondary N) is 2. The lowest BCUT2D eigenvalue weighted by atomic mass is 10.1. The van der Waals surface area contributed by atoms with Crippen molar-refractivity contribution < 1.29 is 12.8 Å². The molecular formula is C14H15ClFN3O2S. The third-order valence-electron chi connectivity index (χ3n) is 3.11. The number of anilines is 1. The predicted molar refractivity (Wildman–Crippen MR) is 83.9 cm³/mol. The van der Waals surface area contributed by atoms with Gasteiger partial charge in [-0.2, -0.15) is 0 Å². The number of hydrogen-bond donors (Lipinski definition) is 2. The van der Waals surface area contributed by atoms with Gasteiger partial charge in [-0.05, 0) is 43.8 Å². The number of aromatic nitrogens is 1. The van der Waals surface area contributed by atoms with Gasteiger partial charge in [-0.1, -0.05) is 17.7 Å². The van der Waals surface area contributed by atoms with Crippen LogP contribution in [0.5, 0.6) is 0 Å². The number of halogens is 2. The first-order valence-electron chi connectivity index (χ1n) is 6.44. The molecule has 0 saturated carbocycles. The average Bonchev–Trinajstić information content (AvgIpc) is 2.47. The maximum atomic E-state index is 13.0. The molecule has 5 nitrogen and oxygen atoms in total. The van der Waals surface area contributed by atoms with E-state index < -0.39 is 15.8 Å². The van der Waals surface area contributed by atoms with E-state index >= 15 is 0 Å². The first-order valence-corrected chi connectivity index (χ1v) is 8.30. The van der Waals surface area contributed by atoms with Crippen LogP contribution in [0, 0.1) is 5.82 Å². The Morgan fingerprint density at radius 3 is 2.55 bits per heavy atom. The van der Waals surface area contributed by atoms with Crippen molar-refractivity contribution in [3.63, 3.8) is 0 Å². The topological polar surface area (TPSA) is 71.1 Å². The van der Waals surface area contributed by atoms with Crippen molar-refractivity contribution >= 4 is 27.4 Å². The Morgan fingerprint density at radius 2 is 2.00 bits per heavy atom. The summed E-state index contributed by atoms with van der Waals surface area (Å²) in [7, 11) is -2.18. The second kappa shape index (κ2) is 6.60. The fraction of sp³-hybridized carbons (Fsp3) is 0.214. The van der Waals surface area contributed by atoms with Crippen LogP contribution in [0.25, 0.3) is 0 Å². The Morgan fingerprint density at radius 1 is 1.27 bits per heavy atom. The van der Waals surface area contributed by atoms with E-state index in [1.165, 1.54) is 31.4 Å². The van der Waals surface area contributed by atoms with Gasteiger partial charge < -0.3 is 5.32 Å². The minimum absolute atomic E-state index is 0.0769. The van der Waals surface area contributed by atoms with Gasteiger partial charge in [-0.3, -0.25) is 0 Å². The molecule has 0 radical (unpaired) electrons. The van der Waals surface area contributed by atoms with Gasteiger partial charge in [0.1, 0.15) is 16.5 Å². The Kier molecular flexibility index (Phi) is 5.00. The number of rotatable bonds is 5. The second-order valence-corrected chi connectivity index (χ2v) is 6.91. The van der Waals surface area contributed by atoms with Gasteiger partial charge in [-0.25, -0.2) is 22.5 Å². The molecule has 0 amide bonds. The van der Waals surface area contributed by atoms with Crippen molar-refractivity contribution in [2.24, 2.45) is 0 Å². The quantitative estimate of drug-likeness (QED) is 0.875. The van der Waals surface area contributed by atoms with Crippen LogP contribution in [0.4, 0.5) is 10.2 Å². The smallest absolute Gasteiger partial charge is 0.241 e. The molecule has 8 heteroatoms. The molecule has 0 aliphatic carbocycles. The van der Waals surface area contributed by atoms with Crippen molar-refractivity contribution in [2.75, 3.05) is 12.4 Å². The van der Waals surface area contributed by atoms with Gasteiger partial charge in [0.05, 0.1) is 6.04 Å². The first-order chi connectivity index (χ1) is 10.3. The Hall–Kier alpha value is -1.70. The van der Waals surface area contributed by atoms with Gasteiger partial charge in [0.2, 0.25) is 10.0 Å². The van der Waals surface area contributed by atoms with Crippen LogP contribution in [-0.2, 0) is 10.0 Å². The van der Waals surface area contributed by atoms with Gasteiger partial charge in [0.25, 0.3) is 0 Å². The molecule has 1 aromatic heterocycles. The van der Waals surface area contributed by atoms with Crippen molar-refractivity contribution in [3.8, 4) is 0 Å². The minimum atomic E-state index is -3.51. The summed E-state index contributed by atoms with van der Waals surface area (Å²) in [4.78, 5) is 4.14. The van der Waals surface area contributed by atoms with Crippen LogP contribution in [0.15, 0.2) is 41.4 Å². The summed E-state index contributed by atoms with van der Waals surface area (Å²) in [6.07, 6.45) is 1.26. The largest absolute Gasteiger partial charge is 0.363 e. The number of sulfonamides is 1. The zero-order valence-electron chi connectivity index (χ0n) is 12.0. The third kappa shape index (κ3) is 3.73. The molecule has 2 N–H and O–H groups in total. The molecule has 1 heterocycles. The molecule has 0 fully saturated rings. The molecular weight excluding hydrogens is 329 g/mol. The van der Waals surface area contributed by atoms with E-state index in [4.69, 9.17) is 11.6 Å². The number of pyridine rings is 1. The molecule has 1 aromatic carbocycles. The summed E-state index contributed by atoms with van der Waals surface area (Å²) >= 11 is 6.01. The van der Waals surface area contributed by atoms with Crippen LogP contribution in [-0.4, -0.2) is 20.4 Å². The number of hydrogen-bond acceptors (Lipinski definition) is 4. The summed E-state index contributed by atoms with van der Waals surface area (Å²) in [5.41, 5.74) is 0.719. The number of nitrogens with zero attached hydrogens (tertiary/aromatic N) is 1. The van der Waals surface area contributed by atoms with Crippen LogP contribution < -0.4 is 10.0 Å². The molecule has 1 atom stereocenters. The van der Waals surface area contributed by atoms with E-state index in [0.29, 0.717) is 10.8 Å². The molecule has 0 bridgehead atoms. The monoisotopic (exact) mass is 343 g/mol. The number of benzene rings is 1. The van der Waals surface area contributed by atoms with Crippen LogP contribution in [0.1, 0.15) is 18.5 Å². The van der Waals surface area contributed by atoms with E-state index in [2.05, 4.69) is 15.0 Å². The highest BCUT2D eigenvalue weighted by molar-refractivity contribution is 7.89. The molecule has 118 valence electrons. The Labute approximate surface area is 133 Å². The first kappa shape index (κ1) is 16.7. The zero-order chi connectivity index (χ0) is 16.3. The predicted octanol–water partition coefficient (Wildman–Crippen LogP) is 2.96. The molecule has 2 rings (SSSR count). The SMILES string of the molecule is CNS(=O)(=O)c1ccc(NC(C)c2ccc(F)cc2Cl)nc1. The summed E-state index contributed by atoms with van der Waals surface area (Å²) in [5, 5.41) is 3.40. The highest BCUT2D eigenvalue weighted by Gasteiger charge is 2.13. The molecule has 2 aromatic rings. The van der Waals surface area contributed by atoms with Gasteiger partial charge >= 0.3 is 0 Å². The maximum Gasteiger partial charge on any atom is 0.241 e. The van der Waals surface area contributed by atoms with Crippen LogP contribution in [0.3, 0.4) is 0 Å². The van der Waals surface area contributed by atoms with E-state index in [0.717, 1.165) is 5.56 Å². The molecule has 0 aliphatic rings. The highest BCUT2D eigenvalue weighted by Crippen LogP contribution is 2.26. The Balaban J connectivity index is 2.17. The summed E-state index contributed by atoms with van der Waals surface area (Å²) in [5.74, 6) is 0.0867. The second-order valence-electron chi connectivity index (χ2n) is 4.62. The van der Waals surface area contributed by atoms with E-state index in [1.54, 1.807) is 12.1 Å². The molecule has 0 saturated heterocycles. The highest BCUT2D eigenvalue weighted by atomic mass is 35.5. The van der Waals surface area contributed by atoms with E-state index in [9.17, 15) is 12.8 Å². The van der Waals surface area contributed by atoms with Crippen LogP contribution in [0.2, 0.25) is 5.02 Å². The molecule has 0 spiro atoms. The van der Waals surface area contributed by atoms with E-state index in [-0.39, 0.29) is 10.9 Å². The standard InChI is InChI=1S/C14H15ClFN3O2S/c1-9(12-5-3-10(16)7-13(12)15)19-14-6-4-11(8-18-14)22(20,21)17-2/h3-9,17H,1-2H3,(H,18,19). The minimum Gasteiger partial charge on any atom is -0.363 e. The van der Waals surface area contributed by atoms with Crippen LogP contribution >= 0.6 is 11.6 Å². The van der Waals surface area contributed by atoms with Crippen molar-refractivity contribution in [2.45, 2.75) is 17.9 Å². The molecule has 0 aliphatic heterocycles. The molecule has 1 unspecified atom stereocenters. The van der Waals surface area contributed by atoms with Gasteiger partial charge in [0.15, 0.2) is 0 Å². The van der Waals surface area contributed by atoms with Gasteiger partial charge in [0, 0.05) is 11.2 Å². The van der Waals surface area contributed by atoms with Crippen molar-refractivity contribution in [3.05, 3.63) is 52.9 Å². The lowest BCUT2D eigenvalue weighted by Crippen LogP contribution is -2.18. The normalized spacial score (nSPS) is 12.9. The van der Waals surface area contributed by atoms with Crippen molar-refractivity contribution in [1.82, 2.24) is 9.71 Å². The summed E-state index contributed by atoms with van der Waals surface area (Å²) < 4.78 is 38.5. The fourth-order valence-electron chi connectivity index (χ4n) is 1.89. The van der Waals surface area contributed by atoms with E-state index in [1.807, 2.05) is 6.92 Å². The maximum absolute atomic E-state index is 13.0. The molecule has 22 heavy (non-hydrogen) atoms. The van der Waals surface area contributed by atoms with Gasteiger partial charge in [-0.15, -0.1) is 0 Å². The summed E-state index contributed by atoms with van der Waals surface area (Å²) in [6, 6.07) is 6.95. The average molecular weight is 344 g/mol. The fourth-order valence-corrected chi connectivity index (χ4v) is 2.90. The lowest BCUT2D eigenvalue weighted by molar-refractivity contribution is 0.588.